The van der Waals surface area contributed by atoms with E-state index in [1.54, 1.807) is 0 Å². The van der Waals surface area contributed by atoms with Crippen LogP contribution < -0.4 is 26.3 Å². The monoisotopic (exact) mass is 507 g/mol. The van der Waals surface area contributed by atoms with Crippen molar-refractivity contribution in [1.29, 1.82) is 0 Å². The van der Waals surface area contributed by atoms with E-state index in [9.17, 15) is 0 Å². The highest BCUT2D eigenvalue weighted by Gasteiger charge is 2.11. The molecule has 36 heavy (non-hydrogen) atoms. The Morgan fingerprint density at radius 3 is 1.86 bits per heavy atom. The van der Waals surface area contributed by atoms with Gasteiger partial charge >= 0.3 is 5.96 Å². The van der Waals surface area contributed by atoms with Crippen molar-refractivity contribution in [3.63, 3.8) is 0 Å². The van der Waals surface area contributed by atoms with Gasteiger partial charge in [-0.05, 0) is 68.5 Å². The van der Waals surface area contributed by atoms with E-state index in [1.165, 1.54) is 0 Å². The zero-order valence-electron chi connectivity index (χ0n) is 24.1. The summed E-state index contributed by atoms with van der Waals surface area (Å²) in [6, 6.07) is 6.15. The quantitative estimate of drug-likeness (QED) is 0.116. The lowest BCUT2D eigenvalue weighted by Gasteiger charge is -2.16. The molecule has 11 nitrogen and oxygen atoms in total. The lowest BCUT2D eigenvalue weighted by Crippen LogP contribution is -3.03. The van der Waals surface area contributed by atoms with Crippen LogP contribution in [0.15, 0.2) is 23.2 Å². The number of nitrogens with two attached hydrogens (primary N) is 1. The van der Waals surface area contributed by atoms with Gasteiger partial charge in [-0.25, -0.2) is 20.6 Å². The molecule has 0 saturated heterocycles. The highest BCUT2D eigenvalue weighted by molar-refractivity contribution is 5.79. The SMILES string of the molecule is CN(C)CCNC(=NCc1cccc(C[NH+]=C(NCCN(C)C)[NH2+]CCN(C)C)n1)NCCN(C)C. The Balaban J connectivity index is 2.79. The topological polar surface area (TPSA) is 105 Å². The van der Waals surface area contributed by atoms with Crippen molar-refractivity contribution in [2.45, 2.75) is 13.1 Å². The minimum atomic E-state index is 0.527. The van der Waals surface area contributed by atoms with Gasteiger partial charge in [0.05, 0.1) is 24.5 Å². The molecule has 0 atom stereocenters. The van der Waals surface area contributed by atoms with Gasteiger partial charge in [-0.2, -0.15) is 0 Å². The summed E-state index contributed by atoms with van der Waals surface area (Å²) in [6.45, 7) is 8.61. The number of likely N-dealkylation sites (N-methyl/N-ethyl adjacent to an activating group) is 4. The van der Waals surface area contributed by atoms with E-state index in [2.05, 4.69) is 114 Å². The van der Waals surface area contributed by atoms with Crippen molar-refractivity contribution in [1.82, 2.24) is 40.5 Å². The molecule has 1 rings (SSSR count). The molecule has 1 heterocycles. The molecule has 0 radical (unpaired) electrons. The van der Waals surface area contributed by atoms with Crippen LogP contribution in [0.25, 0.3) is 0 Å². The first-order valence-corrected chi connectivity index (χ1v) is 12.9. The number of quaternary nitrogens is 1. The zero-order valence-corrected chi connectivity index (χ0v) is 24.1. The second-order valence-corrected chi connectivity index (χ2v) is 10.0. The molecule has 0 amide bonds. The molecule has 0 aromatic carbocycles. The lowest BCUT2D eigenvalue weighted by atomic mass is 10.3. The van der Waals surface area contributed by atoms with E-state index in [0.29, 0.717) is 13.1 Å². The van der Waals surface area contributed by atoms with Crippen LogP contribution in [0.5, 0.6) is 0 Å². The summed E-state index contributed by atoms with van der Waals surface area (Å²) in [5.74, 6) is 1.88. The van der Waals surface area contributed by atoms with Crippen molar-refractivity contribution < 1.29 is 10.3 Å². The van der Waals surface area contributed by atoms with E-state index >= 15 is 0 Å². The largest absolute Gasteiger partial charge is 0.438 e. The third kappa shape index (κ3) is 17.2. The summed E-state index contributed by atoms with van der Waals surface area (Å²) in [5.41, 5.74) is 1.95. The molecule has 0 unspecified atom stereocenters. The summed E-state index contributed by atoms with van der Waals surface area (Å²) in [5, 5.41) is 12.6. The minimum Gasteiger partial charge on any atom is -0.355 e. The Morgan fingerprint density at radius 1 is 0.778 bits per heavy atom. The first kappa shape index (κ1) is 31.7. The summed E-state index contributed by atoms with van der Waals surface area (Å²) in [7, 11) is 16.7. The van der Waals surface area contributed by atoms with Crippen molar-refractivity contribution in [2.75, 3.05) is 109 Å². The smallest absolute Gasteiger partial charge is 0.355 e. The Labute approximate surface area is 219 Å². The molecule has 1 aromatic heterocycles. The summed E-state index contributed by atoms with van der Waals surface area (Å²) >= 11 is 0. The van der Waals surface area contributed by atoms with Gasteiger partial charge < -0.3 is 30.2 Å². The maximum atomic E-state index is 4.84. The Morgan fingerprint density at radius 2 is 1.31 bits per heavy atom. The van der Waals surface area contributed by atoms with E-state index in [0.717, 1.165) is 75.7 Å². The highest BCUT2D eigenvalue weighted by atomic mass is 15.2. The molecule has 206 valence electrons. The van der Waals surface area contributed by atoms with Crippen LogP contribution in [0, 0.1) is 0 Å². The van der Waals surface area contributed by atoms with E-state index < -0.39 is 0 Å². The maximum Gasteiger partial charge on any atom is 0.438 e. The number of guanidine groups is 2. The van der Waals surface area contributed by atoms with Gasteiger partial charge in [0.15, 0.2) is 5.96 Å². The van der Waals surface area contributed by atoms with Gasteiger partial charge in [-0.3, -0.25) is 4.98 Å². The molecule has 1 aromatic rings. The summed E-state index contributed by atoms with van der Waals surface area (Å²) in [4.78, 5) is 21.8. The van der Waals surface area contributed by atoms with Crippen molar-refractivity contribution in [3.05, 3.63) is 29.6 Å². The molecule has 0 aliphatic rings. The third-order valence-electron chi connectivity index (χ3n) is 5.23. The van der Waals surface area contributed by atoms with Crippen LogP contribution >= 0.6 is 0 Å². The number of hydrogen-bond donors (Lipinski definition) is 5. The number of aromatic nitrogens is 1. The molecule has 0 aliphatic heterocycles. The van der Waals surface area contributed by atoms with Gasteiger partial charge in [-0.1, -0.05) is 6.07 Å². The molecule has 0 aliphatic carbocycles. The Kier molecular flexibility index (Phi) is 16.6. The highest BCUT2D eigenvalue weighted by Crippen LogP contribution is 2.00. The van der Waals surface area contributed by atoms with Crippen molar-refractivity contribution >= 4 is 11.9 Å². The third-order valence-corrected chi connectivity index (χ3v) is 5.23. The number of pyridine rings is 1. The van der Waals surface area contributed by atoms with Gasteiger partial charge in [0, 0.05) is 39.3 Å². The van der Waals surface area contributed by atoms with Crippen molar-refractivity contribution in [3.8, 4) is 0 Å². The lowest BCUT2D eigenvalue weighted by molar-refractivity contribution is -0.624. The predicted molar refractivity (Wildman–Crippen MR) is 150 cm³/mol. The number of nitrogens with one attached hydrogen (secondary N) is 4. The first-order valence-electron chi connectivity index (χ1n) is 12.9. The minimum absolute atomic E-state index is 0.527. The number of rotatable bonds is 16. The van der Waals surface area contributed by atoms with Crippen molar-refractivity contribution in [2.24, 2.45) is 4.99 Å². The fraction of sp³-hybridized carbons (Fsp3) is 0.720. The molecule has 6 N–H and O–H groups in total. The molecule has 0 spiro atoms. The number of nitrogens with zero attached hydrogens (tertiary/aromatic N) is 6. The summed E-state index contributed by atoms with van der Waals surface area (Å²) in [6.07, 6.45) is 0. The molecular formula is C25H53N11+2. The molecule has 0 saturated carbocycles. The zero-order chi connectivity index (χ0) is 26.8. The number of aliphatic imine (C=N–C) groups is 1. The van der Waals surface area contributed by atoms with Crippen LogP contribution in [0.3, 0.4) is 0 Å². The van der Waals surface area contributed by atoms with E-state index in [1.807, 2.05) is 6.07 Å². The predicted octanol–water partition coefficient (Wildman–Crippen LogP) is -3.55. The van der Waals surface area contributed by atoms with Crippen LogP contribution in [0.4, 0.5) is 0 Å². The fourth-order valence-electron chi connectivity index (χ4n) is 3.12. The van der Waals surface area contributed by atoms with Gasteiger partial charge in [0.25, 0.3) is 0 Å². The van der Waals surface area contributed by atoms with Crippen LogP contribution in [-0.4, -0.2) is 145 Å². The van der Waals surface area contributed by atoms with Gasteiger partial charge in [0.2, 0.25) is 0 Å². The van der Waals surface area contributed by atoms with Crippen LogP contribution in [0.2, 0.25) is 0 Å². The summed E-state index contributed by atoms with van der Waals surface area (Å²) < 4.78 is 0. The Hall–Kier alpha value is -2.31. The average Bonchev–Trinajstić information content (AvgIpc) is 2.79. The fourth-order valence-corrected chi connectivity index (χ4v) is 3.12. The molecular weight excluding hydrogens is 454 g/mol. The first-order chi connectivity index (χ1) is 17.2. The molecule has 0 fully saturated rings. The standard InChI is InChI=1S/C25H51N11/c1-33(2)16-12-26-24(27-13-17-34(3)4)30-20-22-10-9-11-23(32-22)21-31-25(28-14-18-35(5)6)29-15-19-36(7)8/h9-11H,12-21H2,1-8H3,(H2,26,27,30)(H2,28,29,31)/p+2. The van der Waals surface area contributed by atoms with Gasteiger partial charge in [0.1, 0.15) is 13.1 Å². The maximum absolute atomic E-state index is 4.84. The van der Waals surface area contributed by atoms with Crippen LogP contribution in [-0.2, 0) is 13.1 Å². The average molecular weight is 508 g/mol. The number of hydrogen-bond acceptors (Lipinski definition) is 6. The van der Waals surface area contributed by atoms with E-state index in [-0.39, 0.29) is 0 Å². The molecule has 11 heteroatoms. The normalized spacial score (nSPS) is 12.1. The molecule has 0 bridgehead atoms. The van der Waals surface area contributed by atoms with Gasteiger partial charge in [-0.15, -0.1) is 0 Å². The Bertz CT molecular complexity index is 669. The van der Waals surface area contributed by atoms with E-state index in [4.69, 9.17) is 9.98 Å². The second kappa shape index (κ2) is 18.9. The second-order valence-electron chi connectivity index (χ2n) is 10.0. The van der Waals surface area contributed by atoms with Crippen LogP contribution in [0.1, 0.15) is 11.4 Å².